The average Bonchev–Trinajstić information content (AvgIpc) is 2.50. The highest BCUT2D eigenvalue weighted by Gasteiger charge is 2.46. The molecule has 0 aliphatic rings. The van der Waals surface area contributed by atoms with Crippen LogP contribution in [0.2, 0.25) is 5.02 Å². The summed E-state index contributed by atoms with van der Waals surface area (Å²) in [5.74, 6) is 0. The van der Waals surface area contributed by atoms with Crippen LogP contribution < -0.4 is 5.56 Å². The Morgan fingerprint density at radius 2 is 1.88 bits per heavy atom. The van der Waals surface area contributed by atoms with Gasteiger partial charge in [0.1, 0.15) is 16.0 Å². The molecular weight excluding hydrogens is 381 g/mol. The van der Waals surface area contributed by atoms with Gasteiger partial charge in [0.2, 0.25) is 0 Å². The van der Waals surface area contributed by atoms with Crippen LogP contribution in [0, 0.1) is 4.78 Å². The quantitative estimate of drug-likeness (QED) is 0.865. The molecule has 0 amide bonds. The van der Waals surface area contributed by atoms with Gasteiger partial charge in [-0.15, -0.1) is 0 Å². The molecule has 2 atom stereocenters. The van der Waals surface area contributed by atoms with Crippen molar-refractivity contribution < 1.29 is 17.4 Å². The third-order valence-corrected chi connectivity index (χ3v) is 5.66. The highest BCUT2D eigenvalue weighted by molar-refractivity contribution is 7.90. The van der Waals surface area contributed by atoms with E-state index in [1.54, 1.807) is 0 Å². The summed E-state index contributed by atoms with van der Waals surface area (Å²) in [6.45, 7) is 0. The number of rotatable bonds is 4. The van der Waals surface area contributed by atoms with Crippen LogP contribution in [-0.4, -0.2) is 31.5 Å². The maximum atomic E-state index is 13.6. The minimum Gasteiger partial charge on any atom is -0.268 e. The summed E-state index contributed by atoms with van der Waals surface area (Å²) in [7, 11) is -1.87. The summed E-state index contributed by atoms with van der Waals surface area (Å²) >= 11 is 5.69. The van der Waals surface area contributed by atoms with Crippen molar-refractivity contribution in [1.82, 2.24) is 14.1 Å². The van der Waals surface area contributed by atoms with E-state index in [0.29, 0.717) is 4.31 Å². The Morgan fingerprint density at radius 1 is 1.32 bits per heavy atom. The van der Waals surface area contributed by atoms with E-state index < -0.39 is 32.6 Å². The number of nitrogens with one attached hydrogen (secondary N) is 1. The van der Waals surface area contributed by atoms with Crippen molar-refractivity contribution in [1.29, 1.82) is 4.78 Å². The molecule has 0 fully saturated rings. The molecule has 136 valence electrons. The molecule has 0 saturated heterocycles. The summed E-state index contributed by atoms with van der Waals surface area (Å²) in [6, 6.07) is 3.36. The number of hydrogen-bond acceptors (Lipinski definition) is 4. The second kappa shape index (κ2) is 6.77. The number of aromatic nitrogens is 2. The minimum atomic E-state index is -4.81. The molecule has 1 unspecified atom stereocenters. The number of halogens is 4. The Balaban J connectivity index is 2.55. The molecule has 0 aliphatic heterocycles. The Hall–Kier alpha value is -1.91. The molecule has 0 bridgehead atoms. The minimum absolute atomic E-state index is 0.226. The van der Waals surface area contributed by atoms with Crippen molar-refractivity contribution in [3.63, 3.8) is 0 Å². The lowest BCUT2D eigenvalue weighted by Gasteiger charge is -2.31. The van der Waals surface area contributed by atoms with Crippen LogP contribution in [0.25, 0.3) is 0 Å². The maximum Gasteiger partial charge on any atom is 0.409 e. The van der Waals surface area contributed by atoms with Gasteiger partial charge in [0.25, 0.3) is 5.56 Å². The Kier molecular flexibility index (Phi) is 5.26. The van der Waals surface area contributed by atoms with Crippen molar-refractivity contribution in [3.8, 4) is 0 Å². The van der Waals surface area contributed by atoms with E-state index in [-0.39, 0.29) is 10.6 Å². The number of benzene rings is 1. The van der Waals surface area contributed by atoms with E-state index in [0.717, 1.165) is 36.1 Å². The van der Waals surface area contributed by atoms with Gasteiger partial charge in [0.15, 0.2) is 0 Å². The summed E-state index contributed by atoms with van der Waals surface area (Å²) < 4.78 is 62.8. The molecule has 2 aromatic rings. The van der Waals surface area contributed by atoms with Crippen LogP contribution in [0.3, 0.4) is 0 Å². The van der Waals surface area contributed by atoms with Crippen LogP contribution in [0.5, 0.6) is 0 Å². The standard InChI is InChI=1S/C14H14ClF3N4O2S/c1-21-12(23)7-11(8-20-21)25(19,24)22(2)13(14(16,17)18)9-3-5-10(15)6-4-9/h3-8,13,19H,1-2H3/t13-,25?/m1/s1. The van der Waals surface area contributed by atoms with Gasteiger partial charge in [-0.05, 0) is 17.7 Å². The van der Waals surface area contributed by atoms with Gasteiger partial charge < -0.3 is 0 Å². The first-order chi connectivity index (χ1) is 11.4. The molecule has 1 aromatic heterocycles. The van der Waals surface area contributed by atoms with E-state index in [1.165, 1.54) is 19.2 Å². The molecule has 1 heterocycles. The first-order valence-electron chi connectivity index (χ1n) is 6.82. The second-order valence-electron chi connectivity index (χ2n) is 5.22. The fourth-order valence-electron chi connectivity index (χ4n) is 2.17. The van der Waals surface area contributed by atoms with Gasteiger partial charge in [-0.1, -0.05) is 23.7 Å². The SMILES string of the molecule is CN([C@H](c1ccc(Cl)cc1)C(F)(F)F)S(=N)(=O)c1cnn(C)c(=O)c1. The molecule has 2 rings (SSSR count). The van der Waals surface area contributed by atoms with Gasteiger partial charge in [-0.25, -0.2) is 18.0 Å². The van der Waals surface area contributed by atoms with Crippen LogP contribution in [0.15, 0.2) is 46.2 Å². The first-order valence-corrected chi connectivity index (χ1v) is 8.71. The molecular formula is C14H14ClF3N4O2S. The Morgan fingerprint density at radius 3 is 2.36 bits per heavy atom. The van der Waals surface area contributed by atoms with Crippen LogP contribution in [0.1, 0.15) is 11.6 Å². The van der Waals surface area contributed by atoms with Crippen molar-refractivity contribution in [2.75, 3.05) is 7.05 Å². The van der Waals surface area contributed by atoms with Crippen LogP contribution >= 0.6 is 11.6 Å². The van der Waals surface area contributed by atoms with E-state index in [9.17, 15) is 22.2 Å². The normalized spacial score (nSPS) is 15.8. The molecule has 1 aromatic carbocycles. The van der Waals surface area contributed by atoms with Gasteiger partial charge in [0, 0.05) is 25.2 Å². The zero-order valence-corrected chi connectivity index (χ0v) is 14.7. The van der Waals surface area contributed by atoms with Gasteiger partial charge in [-0.2, -0.15) is 18.3 Å². The molecule has 1 N–H and O–H groups in total. The topological polar surface area (TPSA) is 79.1 Å². The monoisotopic (exact) mass is 394 g/mol. The van der Waals surface area contributed by atoms with Gasteiger partial charge >= 0.3 is 6.18 Å². The molecule has 6 nitrogen and oxygen atoms in total. The number of hydrogen-bond donors (Lipinski definition) is 1. The molecule has 25 heavy (non-hydrogen) atoms. The first kappa shape index (κ1) is 19.4. The van der Waals surface area contributed by atoms with Crippen LogP contribution in [0.4, 0.5) is 13.2 Å². The number of alkyl halides is 3. The summed E-state index contributed by atoms with van der Waals surface area (Å²) in [4.78, 5) is 11.2. The third-order valence-electron chi connectivity index (χ3n) is 3.53. The maximum absolute atomic E-state index is 13.6. The fourth-order valence-corrected chi connectivity index (χ4v) is 3.62. The Bertz CT molecular complexity index is 926. The predicted octanol–water partition coefficient (Wildman–Crippen LogP) is 2.99. The lowest BCUT2D eigenvalue weighted by molar-refractivity contribution is -0.170. The predicted molar refractivity (Wildman–Crippen MR) is 86.6 cm³/mol. The smallest absolute Gasteiger partial charge is 0.268 e. The van der Waals surface area contributed by atoms with Crippen molar-refractivity contribution >= 4 is 21.5 Å². The van der Waals surface area contributed by atoms with Crippen molar-refractivity contribution in [2.45, 2.75) is 17.1 Å². The summed E-state index contributed by atoms with van der Waals surface area (Å²) in [5, 5.41) is 3.86. The zero-order valence-electron chi connectivity index (χ0n) is 13.1. The van der Waals surface area contributed by atoms with E-state index in [1.807, 2.05) is 0 Å². The third kappa shape index (κ3) is 4.02. The molecule has 11 heteroatoms. The molecule has 0 spiro atoms. The highest BCUT2D eigenvalue weighted by Crippen LogP contribution is 2.39. The Labute approximate surface area is 146 Å². The van der Waals surface area contributed by atoms with E-state index in [2.05, 4.69) is 5.10 Å². The number of aryl methyl sites for hydroxylation is 1. The molecule has 0 saturated carbocycles. The lowest BCUT2D eigenvalue weighted by Crippen LogP contribution is -2.39. The largest absolute Gasteiger partial charge is 0.409 e. The highest BCUT2D eigenvalue weighted by atomic mass is 35.5. The van der Waals surface area contributed by atoms with Gasteiger partial charge in [-0.3, -0.25) is 4.79 Å². The zero-order chi connectivity index (χ0) is 19.0. The van der Waals surface area contributed by atoms with Crippen molar-refractivity contribution in [3.05, 3.63) is 57.5 Å². The summed E-state index contributed by atoms with van der Waals surface area (Å²) in [6.07, 6.45) is -3.86. The van der Waals surface area contributed by atoms with Gasteiger partial charge in [0.05, 0.1) is 11.1 Å². The second-order valence-corrected chi connectivity index (χ2v) is 7.76. The molecule has 0 radical (unpaired) electrons. The van der Waals surface area contributed by atoms with E-state index in [4.69, 9.17) is 16.4 Å². The molecule has 0 aliphatic carbocycles. The fraction of sp³-hybridized carbons (Fsp3) is 0.286. The van der Waals surface area contributed by atoms with E-state index >= 15 is 0 Å². The number of nitrogens with zero attached hydrogens (tertiary/aromatic N) is 3. The van der Waals surface area contributed by atoms with Crippen molar-refractivity contribution in [2.24, 2.45) is 7.05 Å². The summed E-state index contributed by atoms with van der Waals surface area (Å²) in [5.41, 5.74) is -0.905. The van der Waals surface area contributed by atoms with Crippen LogP contribution in [-0.2, 0) is 17.0 Å². The lowest BCUT2D eigenvalue weighted by atomic mass is 10.1. The average molecular weight is 395 g/mol.